The van der Waals surface area contributed by atoms with Gasteiger partial charge in [0.15, 0.2) is 0 Å². The van der Waals surface area contributed by atoms with Gasteiger partial charge in [-0.25, -0.2) is 0 Å². The molecule has 20 heavy (non-hydrogen) atoms. The Morgan fingerprint density at radius 2 is 2.20 bits per heavy atom. The van der Waals surface area contributed by atoms with Crippen molar-refractivity contribution >= 4 is 17.7 Å². The second kappa shape index (κ2) is 6.06. The fourth-order valence-corrected chi connectivity index (χ4v) is 3.90. The highest BCUT2D eigenvalue weighted by Gasteiger charge is 2.35. The van der Waals surface area contributed by atoms with Gasteiger partial charge < -0.3 is 14.4 Å². The molecule has 108 valence electrons. The number of benzene rings is 1. The van der Waals surface area contributed by atoms with Crippen molar-refractivity contribution in [2.45, 2.75) is 24.3 Å². The fraction of sp³-hybridized carbons (Fsp3) is 0.533. The van der Waals surface area contributed by atoms with Gasteiger partial charge in [0.1, 0.15) is 11.1 Å². The average molecular weight is 293 g/mol. The Balaban J connectivity index is 1.74. The molecule has 2 unspecified atom stereocenters. The van der Waals surface area contributed by atoms with Crippen molar-refractivity contribution in [2.75, 3.05) is 26.0 Å². The molecule has 0 N–H and O–H groups in total. The van der Waals surface area contributed by atoms with Gasteiger partial charge in [-0.3, -0.25) is 4.79 Å². The van der Waals surface area contributed by atoms with Crippen LogP contribution in [-0.2, 0) is 9.53 Å². The summed E-state index contributed by atoms with van der Waals surface area (Å²) in [6.45, 7) is 1.54. The maximum Gasteiger partial charge on any atom is 0.233 e. The van der Waals surface area contributed by atoms with Gasteiger partial charge in [-0.2, -0.15) is 0 Å². The number of thioether (sulfide) groups is 1. The van der Waals surface area contributed by atoms with Crippen molar-refractivity contribution in [1.82, 2.24) is 4.90 Å². The molecule has 0 radical (unpaired) electrons. The summed E-state index contributed by atoms with van der Waals surface area (Å²) in [6.07, 6.45) is 2.37. The van der Waals surface area contributed by atoms with Crippen LogP contribution < -0.4 is 4.74 Å². The van der Waals surface area contributed by atoms with E-state index in [9.17, 15) is 4.79 Å². The average Bonchev–Trinajstić information content (AvgIpc) is 3.11. The lowest BCUT2D eigenvalue weighted by molar-refractivity contribution is -0.129. The number of carbonyl (C=O) groups excluding carboxylic acids is 1. The van der Waals surface area contributed by atoms with Crippen LogP contribution in [0.3, 0.4) is 0 Å². The summed E-state index contributed by atoms with van der Waals surface area (Å²) in [5.41, 5.74) is 1.15. The first kappa shape index (κ1) is 13.8. The first-order valence-electron chi connectivity index (χ1n) is 6.94. The number of amides is 1. The predicted molar refractivity (Wildman–Crippen MR) is 78.9 cm³/mol. The van der Waals surface area contributed by atoms with E-state index in [2.05, 4.69) is 0 Å². The molecule has 0 aromatic heterocycles. The van der Waals surface area contributed by atoms with Crippen molar-refractivity contribution in [3.05, 3.63) is 29.8 Å². The highest BCUT2D eigenvalue weighted by molar-refractivity contribution is 8.00. The maximum absolute atomic E-state index is 12.1. The normalized spacial score (nSPS) is 26.2. The number of methoxy groups -OCH3 is 1. The molecule has 1 aromatic carbocycles. The van der Waals surface area contributed by atoms with E-state index in [0.29, 0.717) is 12.3 Å². The zero-order valence-corrected chi connectivity index (χ0v) is 12.4. The summed E-state index contributed by atoms with van der Waals surface area (Å²) in [5.74, 6) is 1.61. The zero-order valence-electron chi connectivity index (χ0n) is 11.6. The number of hydrogen-bond acceptors (Lipinski definition) is 4. The van der Waals surface area contributed by atoms with Crippen molar-refractivity contribution in [3.8, 4) is 5.75 Å². The van der Waals surface area contributed by atoms with E-state index in [1.54, 1.807) is 18.9 Å². The predicted octanol–water partition coefficient (Wildman–Crippen LogP) is 2.45. The monoisotopic (exact) mass is 293 g/mol. The third-order valence-electron chi connectivity index (χ3n) is 3.79. The number of ether oxygens (including phenoxy) is 2. The zero-order chi connectivity index (χ0) is 13.9. The third kappa shape index (κ3) is 2.79. The van der Waals surface area contributed by atoms with Gasteiger partial charge in [-0.05, 0) is 30.5 Å². The lowest BCUT2D eigenvalue weighted by Crippen LogP contribution is -2.35. The van der Waals surface area contributed by atoms with Crippen molar-refractivity contribution < 1.29 is 14.3 Å². The van der Waals surface area contributed by atoms with E-state index in [0.717, 1.165) is 30.8 Å². The van der Waals surface area contributed by atoms with Gasteiger partial charge in [0.25, 0.3) is 0 Å². The van der Waals surface area contributed by atoms with E-state index >= 15 is 0 Å². The second-order valence-electron chi connectivity index (χ2n) is 5.12. The summed E-state index contributed by atoms with van der Waals surface area (Å²) in [5, 5.41) is 0.109. The molecule has 3 rings (SSSR count). The van der Waals surface area contributed by atoms with E-state index < -0.39 is 0 Å². The molecule has 1 amide bonds. The second-order valence-corrected chi connectivity index (χ2v) is 6.19. The van der Waals surface area contributed by atoms with Gasteiger partial charge >= 0.3 is 0 Å². The highest BCUT2D eigenvalue weighted by Crippen LogP contribution is 2.39. The van der Waals surface area contributed by atoms with Crippen LogP contribution in [0.1, 0.15) is 23.8 Å². The van der Waals surface area contributed by atoms with Gasteiger partial charge in [-0.15, -0.1) is 11.8 Å². The molecule has 2 aliphatic rings. The Labute approximate surface area is 123 Å². The molecule has 2 atom stereocenters. The lowest BCUT2D eigenvalue weighted by Gasteiger charge is -2.26. The first-order valence-corrected chi connectivity index (χ1v) is 7.99. The highest BCUT2D eigenvalue weighted by atomic mass is 32.2. The van der Waals surface area contributed by atoms with Crippen LogP contribution in [0.2, 0.25) is 0 Å². The number of hydrogen-bond donors (Lipinski definition) is 0. The Kier molecular flexibility index (Phi) is 4.17. The molecule has 4 nitrogen and oxygen atoms in total. The van der Waals surface area contributed by atoms with E-state index in [-0.39, 0.29) is 17.4 Å². The van der Waals surface area contributed by atoms with E-state index in [4.69, 9.17) is 9.47 Å². The minimum atomic E-state index is 0.109. The van der Waals surface area contributed by atoms with Gasteiger partial charge in [0, 0.05) is 13.2 Å². The minimum Gasteiger partial charge on any atom is -0.497 e. The molecule has 0 aliphatic carbocycles. The molecule has 2 fully saturated rings. The van der Waals surface area contributed by atoms with Crippen LogP contribution in [0.25, 0.3) is 0 Å². The molecular weight excluding hydrogens is 274 g/mol. The van der Waals surface area contributed by atoms with Gasteiger partial charge in [0.05, 0.1) is 19.0 Å². The number of carbonyl (C=O) groups is 1. The molecular formula is C15H19NO3S. The largest absolute Gasteiger partial charge is 0.497 e. The molecule has 2 aliphatic heterocycles. The van der Waals surface area contributed by atoms with Crippen LogP contribution >= 0.6 is 11.8 Å². The van der Waals surface area contributed by atoms with E-state index in [1.165, 1.54) is 0 Å². The number of nitrogens with zero attached hydrogens (tertiary/aromatic N) is 1. The maximum atomic E-state index is 12.1. The summed E-state index contributed by atoms with van der Waals surface area (Å²) in [6, 6.07) is 7.97. The quantitative estimate of drug-likeness (QED) is 0.855. The standard InChI is InChI=1S/C15H19NO3S/c1-18-12-6-4-11(5-7-12)15-16(14(17)10-20-15)9-13-3-2-8-19-13/h4-7,13,15H,2-3,8-10H2,1H3. The summed E-state index contributed by atoms with van der Waals surface area (Å²) in [4.78, 5) is 14.1. The van der Waals surface area contributed by atoms with Crippen molar-refractivity contribution in [2.24, 2.45) is 0 Å². The Morgan fingerprint density at radius 1 is 1.40 bits per heavy atom. The fourth-order valence-electron chi connectivity index (χ4n) is 2.70. The lowest BCUT2D eigenvalue weighted by atomic mass is 10.1. The molecule has 0 bridgehead atoms. The first-order chi connectivity index (χ1) is 9.78. The molecule has 0 saturated carbocycles. The van der Waals surface area contributed by atoms with Gasteiger partial charge in [-0.1, -0.05) is 12.1 Å². The van der Waals surface area contributed by atoms with Crippen LogP contribution in [0, 0.1) is 0 Å². The Hall–Kier alpha value is -1.20. The Bertz CT molecular complexity index is 471. The smallest absolute Gasteiger partial charge is 0.233 e. The third-order valence-corrected chi connectivity index (χ3v) is 5.05. The summed E-state index contributed by atoms with van der Waals surface area (Å²) in [7, 11) is 1.66. The van der Waals surface area contributed by atoms with E-state index in [1.807, 2.05) is 29.2 Å². The van der Waals surface area contributed by atoms with Crippen LogP contribution in [-0.4, -0.2) is 42.9 Å². The summed E-state index contributed by atoms with van der Waals surface area (Å²) < 4.78 is 10.8. The SMILES string of the molecule is COc1ccc(C2SCC(=O)N2CC2CCCO2)cc1. The van der Waals surface area contributed by atoms with Crippen LogP contribution in [0.4, 0.5) is 0 Å². The molecule has 2 heterocycles. The van der Waals surface area contributed by atoms with Crippen molar-refractivity contribution in [1.29, 1.82) is 0 Å². The van der Waals surface area contributed by atoms with Crippen LogP contribution in [0.5, 0.6) is 5.75 Å². The van der Waals surface area contributed by atoms with Crippen molar-refractivity contribution in [3.63, 3.8) is 0 Å². The molecule has 0 spiro atoms. The Morgan fingerprint density at radius 3 is 2.85 bits per heavy atom. The molecule has 1 aromatic rings. The topological polar surface area (TPSA) is 38.8 Å². The van der Waals surface area contributed by atoms with Crippen LogP contribution in [0.15, 0.2) is 24.3 Å². The number of rotatable bonds is 4. The minimum absolute atomic E-state index is 0.109. The van der Waals surface area contributed by atoms with Gasteiger partial charge in [0.2, 0.25) is 5.91 Å². The summed E-state index contributed by atoms with van der Waals surface area (Å²) >= 11 is 1.69. The molecule has 5 heteroatoms. The molecule has 2 saturated heterocycles.